The van der Waals surface area contributed by atoms with Crippen LogP contribution in [0.4, 0.5) is 4.39 Å². The molecule has 0 aliphatic heterocycles. The lowest BCUT2D eigenvalue weighted by molar-refractivity contribution is 0.311. The van der Waals surface area contributed by atoms with Crippen LogP contribution in [0, 0.1) is 5.92 Å². The standard InChI is InChI=1S/C24H29F/c1-2-19-6-10-21(11-7-19)23-14-16-24(17-15-23)22-12-8-20(9-13-22)5-3-4-18-25/h4,6-7,10-11,14-18,20,22H,2-3,5,8-9,12-13H2,1H3. The first kappa shape index (κ1) is 17.9. The second kappa shape index (κ2) is 8.99. The molecule has 2 aromatic carbocycles. The quantitative estimate of drug-likeness (QED) is 0.514. The van der Waals surface area contributed by atoms with Crippen molar-refractivity contribution in [1.29, 1.82) is 0 Å². The third-order valence-electron chi connectivity index (χ3n) is 5.76. The Labute approximate surface area is 151 Å². The third kappa shape index (κ3) is 4.81. The summed E-state index contributed by atoms with van der Waals surface area (Å²) in [7, 11) is 0. The van der Waals surface area contributed by atoms with Crippen molar-refractivity contribution in [2.45, 2.75) is 57.8 Å². The first-order chi connectivity index (χ1) is 12.3. The molecule has 0 heterocycles. The fraction of sp³-hybridized carbons (Fsp3) is 0.417. The SMILES string of the molecule is CCc1ccc(-c2ccc(C3CCC(CCC=CF)CC3)cc2)cc1. The predicted molar refractivity (Wildman–Crippen MR) is 105 cm³/mol. The molecule has 1 heteroatoms. The molecule has 1 aliphatic carbocycles. The molecule has 0 amide bonds. The Hall–Kier alpha value is -1.89. The number of aryl methyl sites for hydroxylation is 1. The predicted octanol–water partition coefficient (Wildman–Crippen LogP) is 7.45. The van der Waals surface area contributed by atoms with E-state index in [0.29, 0.717) is 12.2 Å². The van der Waals surface area contributed by atoms with Crippen molar-refractivity contribution in [3.63, 3.8) is 0 Å². The molecule has 0 aromatic heterocycles. The van der Waals surface area contributed by atoms with E-state index >= 15 is 0 Å². The van der Waals surface area contributed by atoms with Gasteiger partial charge in [0.1, 0.15) is 0 Å². The number of benzene rings is 2. The highest BCUT2D eigenvalue weighted by Gasteiger charge is 2.21. The first-order valence-electron chi connectivity index (χ1n) is 9.74. The van der Waals surface area contributed by atoms with Gasteiger partial charge in [-0.1, -0.05) is 61.5 Å². The molecule has 2 aromatic rings. The zero-order valence-corrected chi connectivity index (χ0v) is 15.3. The fourth-order valence-corrected chi connectivity index (χ4v) is 4.06. The van der Waals surface area contributed by atoms with E-state index in [1.807, 2.05) is 0 Å². The Bertz CT molecular complexity index is 658. The van der Waals surface area contributed by atoms with Crippen molar-refractivity contribution in [2.75, 3.05) is 0 Å². The van der Waals surface area contributed by atoms with E-state index in [0.717, 1.165) is 25.2 Å². The van der Waals surface area contributed by atoms with Crippen LogP contribution in [0.3, 0.4) is 0 Å². The minimum atomic E-state index is 0.684. The monoisotopic (exact) mass is 336 g/mol. The van der Waals surface area contributed by atoms with Crippen LogP contribution in [0.1, 0.15) is 62.5 Å². The van der Waals surface area contributed by atoms with Crippen LogP contribution >= 0.6 is 0 Å². The summed E-state index contributed by atoms with van der Waals surface area (Å²) >= 11 is 0. The van der Waals surface area contributed by atoms with Gasteiger partial charge in [0, 0.05) is 0 Å². The highest BCUT2D eigenvalue weighted by atomic mass is 19.1. The summed E-state index contributed by atoms with van der Waals surface area (Å²) in [5, 5.41) is 0. The van der Waals surface area contributed by atoms with Crippen LogP contribution in [-0.4, -0.2) is 0 Å². The van der Waals surface area contributed by atoms with E-state index in [-0.39, 0.29) is 0 Å². The molecule has 0 radical (unpaired) electrons. The minimum absolute atomic E-state index is 0.684. The smallest absolute Gasteiger partial charge is 0.0827 e. The van der Waals surface area contributed by atoms with Gasteiger partial charge < -0.3 is 0 Å². The number of hydrogen-bond donors (Lipinski definition) is 0. The Morgan fingerprint density at radius 3 is 2.04 bits per heavy atom. The van der Waals surface area contributed by atoms with Crippen molar-refractivity contribution in [2.24, 2.45) is 5.92 Å². The number of rotatable bonds is 6. The van der Waals surface area contributed by atoms with Gasteiger partial charge >= 0.3 is 0 Å². The summed E-state index contributed by atoms with van der Waals surface area (Å²) in [4.78, 5) is 0. The largest absolute Gasteiger partial charge is 0.216 e. The minimum Gasteiger partial charge on any atom is -0.216 e. The lowest BCUT2D eigenvalue weighted by Gasteiger charge is -2.28. The van der Waals surface area contributed by atoms with E-state index in [1.165, 1.54) is 47.9 Å². The van der Waals surface area contributed by atoms with E-state index in [1.54, 1.807) is 6.08 Å². The summed E-state index contributed by atoms with van der Waals surface area (Å²) in [6.07, 6.45) is 10.6. The zero-order chi connectivity index (χ0) is 17.5. The second-order valence-electron chi connectivity index (χ2n) is 7.33. The van der Waals surface area contributed by atoms with E-state index in [4.69, 9.17) is 0 Å². The van der Waals surface area contributed by atoms with Crippen LogP contribution < -0.4 is 0 Å². The average molecular weight is 336 g/mol. The molecule has 0 unspecified atom stereocenters. The van der Waals surface area contributed by atoms with Gasteiger partial charge in [-0.25, -0.2) is 4.39 Å². The van der Waals surface area contributed by atoms with Gasteiger partial charge in [-0.05, 0) is 79.0 Å². The maximum Gasteiger partial charge on any atom is 0.0827 e. The molecular weight excluding hydrogens is 307 g/mol. The molecule has 0 N–H and O–H groups in total. The number of allylic oxidation sites excluding steroid dienone is 1. The Kier molecular flexibility index (Phi) is 6.44. The second-order valence-corrected chi connectivity index (χ2v) is 7.33. The molecule has 0 bridgehead atoms. The lowest BCUT2D eigenvalue weighted by atomic mass is 9.77. The topological polar surface area (TPSA) is 0 Å². The van der Waals surface area contributed by atoms with E-state index < -0.39 is 0 Å². The molecule has 1 aliphatic rings. The fourth-order valence-electron chi connectivity index (χ4n) is 4.06. The molecule has 1 fully saturated rings. The van der Waals surface area contributed by atoms with Crippen LogP contribution in [-0.2, 0) is 6.42 Å². The first-order valence-corrected chi connectivity index (χ1v) is 9.74. The number of halogens is 1. The molecule has 0 atom stereocenters. The molecule has 0 nitrogen and oxygen atoms in total. The van der Waals surface area contributed by atoms with Gasteiger partial charge in [0.25, 0.3) is 0 Å². The van der Waals surface area contributed by atoms with Crippen LogP contribution in [0.5, 0.6) is 0 Å². The Morgan fingerprint density at radius 2 is 1.48 bits per heavy atom. The van der Waals surface area contributed by atoms with Crippen LogP contribution in [0.25, 0.3) is 11.1 Å². The number of hydrogen-bond acceptors (Lipinski definition) is 0. The van der Waals surface area contributed by atoms with Crippen molar-refractivity contribution in [3.8, 4) is 11.1 Å². The highest BCUT2D eigenvalue weighted by Crippen LogP contribution is 2.38. The summed E-state index contributed by atoms with van der Waals surface area (Å²) in [6.45, 7) is 2.19. The third-order valence-corrected chi connectivity index (χ3v) is 5.76. The van der Waals surface area contributed by atoms with E-state index in [9.17, 15) is 4.39 Å². The maximum atomic E-state index is 12.0. The van der Waals surface area contributed by atoms with Gasteiger partial charge in [-0.3, -0.25) is 0 Å². The highest BCUT2D eigenvalue weighted by molar-refractivity contribution is 5.64. The Balaban J connectivity index is 1.57. The van der Waals surface area contributed by atoms with Gasteiger partial charge in [0.15, 0.2) is 0 Å². The summed E-state index contributed by atoms with van der Waals surface area (Å²) in [5.74, 6) is 1.48. The molecule has 1 saturated carbocycles. The van der Waals surface area contributed by atoms with Gasteiger partial charge in [0.05, 0.1) is 6.33 Å². The molecule has 3 rings (SSSR count). The van der Waals surface area contributed by atoms with Crippen LogP contribution in [0.2, 0.25) is 0 Å². The lowest BCUT2D eigenvalue weighted by Crippen LogP contribution is -2.13. The summed E-state index contributed by atoms with van der Waals surface area (Å²) in [5.41, 5.74) is 5.47. The summed E-state index contributed by atoms with van der Waals surface area (Å²) in [6, 6.07) is 18.1. The normalized spacial score (nSPS) is 20.9. The van der Waals surface area contributed by atoms with Crippen molar-refractivity contribution in [3.05, 3.63) is 72.1 Å². The van der Waals surface area contributed by atoms with Crippen LogP contribution in [0.15, 0.2) is 60.9 Å². The molecular formula is C24H29F. The zero-order valence-electron chi connectivity index (χ0n) is 15.3. The van der Waals surface area contributed by atoms with Gasteiger partial charge in [-0.2, -0.15) is 0 Å². The van der Waals surface area contributed by atoms with Gasteiger partial charge in [-0.15, -0.1) is 0 Å². The molecule has 132 valence electrons. The summed E-state index contributed by atoms with van der Waals surface area (Å²) < 4.78 is 12.0. The Morgan fingerprint density at radius 1 is 0.880 bits per heavy atom. The van der Waals surface area contributed by atoms with E-state index in [2.05, 4.69) is 55.5 Å². The van der Waals surface area contributed by atoms with Gasteiger partial charge in [0.2, 0.25) is 0 Å². The maximum absolute atomic E-state index is 12.0. The average Bonchev–Trinajstić information content (AvgIpc) is 2.69. The van der Waals surface area contributed by atoms with Crippen molar-refractivity contribution >= 4 is 0 Å². The van der Waals surface area contributed by atoms with Crippen molar-refractivity contribution < 1.29 is 4.39 Å². The molecule has 0 spiro atoms. The molecule has 0 saturated heterocycles. The molecule has 25 heavy (non-hydrogen) atoms. The van der Waals surface area contributed by atoms with Crippen molar-refractivity contribution in [1.82, 2.24) is 0 Å².